The summed E-state index contributed by atoms with van der Waals surface area (Å²) in [4.78, 5) is 18.0. The summed E-state index contributed by atoms with van der Waals surface area (Å²) in [5.74, 6) is 2.43. The summed E-state index contributed by atoms with van der Waals surface area (Å²) < 4.78 is 2.46. The van der Waals surface area contributed by atoms with Gasteiger partial charge in [0.05, 0.1) is 11.0 Å². The standard InChI is InChI=1S/C26H40N2O2/c1-5-18(4)21(17-29)16-25(30)20-12-13-24-23(15-20)27-26(14-19-10-8-9-11-19)28(24)22(6-2)7-3/h12-13,15,18-19,21-22,29H,5-11,14,16-17H2,1-4H3/t18-,21+/m0/s1. The molecule has 1 aromatic heterocycles. The molecule has 4 heteroatoms. The Labute approximate surface area is 182 Å². The Morgan fingerprint density at radius 1 is 1.17 bits per heavy atom. The van der Waals surface area contributed by atoms with Crippen molar-refractivity contribution in [2.24, 2.45) is 17.8 Å². The molecular formula is C26H40N2O2. The second-order valence-corrected chi connectivity index (χ2v) is 9.38. The van der Waals surface area contributed by atoms with Crippen molar-refractivity contribution >= 4 is 16.8 Å². The van der Waals surface area contributed by atoms with E-state index in [0.29, 0.717) is 18.4 Å². The van der Waals surface area contributed by atoms with Crippen molar-refractivity contribution < 1.29 is 9.90 Å². The molecule has 2 atom stereocenters. The van der Waals surface area contributed by atoms with Gasteiger partial charge < -0.3 is 9.67 Å². The third kappa shape index (κ3) is 4.96. The number of Topliss-reactive ketones (excluding diaryl/α,β-unsaturated/α-hetero) is 1. The van der Waals surface area contributed by atoms with Gasteiger partial charge in [0, 0.05) is 31.1 Å². The Balaban J connectivity index is 1.92. The van der Waals surface area contributed by atoms with E-state index in [2.05, 4.69) is 38.3 Å². The molecule has 1 saturated carbocycles. The Morgan fingerprint density at radius 3 is 2.47 bits per heavy atom. The molecular weight excluding hydrogens is 372 g/mol. The number of nitrogens with zero attached hydrogens (tertiary/aromatic N) is 2. The van der Waals surface area contributed by atoms with Crippen LogP contribution in [-0.4, -0.2) is 27.0 Å². The van der Waals surface area contributed by atoms with Gasteiger partial charge in [-0.05, 0) is 48.8 Å². The Kier molecular flexibility index (Phi) is 8.10. The van der Waals surface area contributed by atoms with Crippen LogP contribution in [0.1, 0.15) is 101 Å². The number of hydrogen-bond acceptors (Lipinski definition) is 3. The minimum absolute atomic E-state index is 0.0262. The molecule has 1 heterocycles. The van der Waals surface area contributed by atoms with Gasteiger partial charge in [-0.3, -0.25) is 4.79 Å². The fourth-order valence-electron chi connectivity index (χ4n) is 5.14. The molecule has 1 aromatic carbocycles. The Bertz CT molecular complexity index is 831. The highest BCUT2D eigenvalue weighted by Gasteiger charge is 2.24. The second kappa shape index (κ2) is 10.6. The minimum Gasteiger partial charge on any atom is -0.396 e. The van der Waals surface area contributed by atoms with Crippen molar-refractivity contribution in [3.05, 3.63) is 29.6 Å². The average molecular weight is 413 g/mol. The van der Waals surface area contributed by atoms with E-state index in [1.165, 1.54) is 31.5 Å². The lowest BCUT2D eigenvalue weighted by Crippen LogP contribution is -2.19. The van der Waals surface area contributed by atoms with Crippen LogP contribution in [0.3, 0.4) is 0 Å². The van der Waals surface area contributed by atoms with Gasteiger partial charge >= 0.3 is 0 Å². The highest BCUT2D eigenvalue weighted by Crippen LogP contribution is 2.32. The molecule has 0 amide bonds. The lowest BCUT2D eigenvalue weighted by atomic mass is 9.87. The Hall–Kier alpha value is -1.68. The van der Waals surface area contributed by atoms with E-state index in [4.69, 9.17) is 4.98 Å². The van der Waals surface area contributed by atoms with Gasteiger partial charge in [0.2, 0.25) is 0 Å². The normalized spacial score (nSPS) is 17.1. The lowest BCUT2D eigenvalue weighted by Gasteiger charge is -2.20. The van der Waals surface area contributed by atoms with E-state index in [1.54, 1.807) is 0 Å². The van der Waals surface area contributed by atoms with Crippen LogP contribution in [0.2, 0.25) is 0 Å². The average Bonchev–Trinajstić information content (AvgIpc) is 3.40. The van der Waals surface area contributed by atoms with E-state index in [-0.39, 0.29) is 18.3 Å². The summed E-state index contributed by atoms with van der Waals surface area (Å²) >= 11 is 0. The van der Waals surface area contributed by atoms with Crippen molar-refractivity contribution in [2.75, 3.05) is 6.61 Å². The van der Waals surface area contributed by atoms with E-state index in [9.17, 15) is 9.90 Å². The van der Waals surface area contributed by atoms with Gasteiger partial charge in [0.25, 0.3) is 0 Å². The maximum atomic E-state index is 12.9. The van der Waals surface area contributed by atoms with E-state index in [1.807, 2.05) is 12.1 Å². The van der Waals surface area contributed by atoms with E-state index in [0.717, 1.165) is 48.2 Å². The predicted molar refractivity (Wildman–Crippen MR) is 124 cm³/mol. The monoisotopic (exact) mass is 412 g/mol. The molecule has 30 heavy (non-hydrogen) atoms. The quantitative estimate of drug-likeness (QED) is 0.437. The third-order valence-corrected chi connectivity index (χ3v) is 7.47. The SMILES string of the molecule is CCC(CC)n1c(CC2CCCC2)nc2cc(C(=O)C[C@H](CO)[C@@H](C)CC)ccc21. The summed E-state index contributed by atoms with van der Waals surface area (Å²) in [5.41, 5.74) is 2.84. The zero-order valence-corrected chi connectivity index (χ0v) is 19.4. The predicted octanol–water partition coefficient (Wildman–Crippen LogP) is 6.36. The van der Waals surface area contributed by atoms with Crippen molar-refractivity contribution in [3.63, 3.8) is 0 Å². The summed E-state index contributed by atoms with van der Waals surface area (Å²) in [5, 5.41) is 9.72. The van der Waals surface area contributed by atoms with E-state index < -0.39 is 0 Å². The topological polar surface area (TPSA) is 55.1 Å². The molecule has 1 fully saturated rings. The van der Waals surface area contributed by atoms with Gasteiger partial charge in [0.1, 0.15) is 5.82 Å². The molecule has 0 radical (unpaired) electrons. The van der Waals surface area contributed by atoms with Crippen LogP contribution in [0, 0.1) is 17.8 Å². The largest absolute Gasteiger partial charge is 0.396 e. The molecule has 2 aromatic rings. The van der Waals surface area contributed by atoms with Crippen LogP contribution in [0.5, 0.6) is 0 Å². The number of rotatable bonds is 11. The van der Waals surface area contributed by atoms with E-state index >= 15 is 0 Å². The first-order valence-electron chi connectivity index (χ1n) is 12.2. The molecule has 0 spiro atoms. The van der Waals surface area contributed by atoms with Crippen molar-refractivity contribution in [1.29, 1.82) is 0 Å². The third-order valence-electron chi connectivity index (χ3n) is 7.47. The number of fused-ring (bicyclic) bond motifs is 1. The highest BCUT2D eigenvalue weighted by atomic mass is 16.3. The molecule has 1 aliphatic carbocycles. The zero-order valence-electron chi connectivity index (χ0n) is 19.4. The number of imidazole rings is 1. The molecule has 1 aliphatic rings. The van der Waals surface area contributed by atoms with Crippen molar-refractivity contribution in [2.45, 2.75) is 91.5 Å². The first-order chi connectivity index (χ1) is 14.5. The molecule has 0 bridgehead atoms. The van der Waals surface area contributed by atoms with Crippen LogP contribution < -0.4 is 0 Å². The molecule has 0 saturated heterocycles. The number of carbonyl (C=O) groups excluding carboxylic acids is 1. The maximum absolute atomic E-state index is 12.9. The second-order valence-electron chi connectivity index (χ2n) is 9.38. The number of aromatic nitrogens is 2. The minimum atomic E-state index is 0.0262. The molecule has 3 rings (SSSR count). The smallest absolute Gasteiger partial charge is 0.163 e. The fraction of sp³-hybridized carbons (Fsp3) is 0.692. The number of aliphatic hydroxyl groups is 1. The number of hydrogen-bond donors (Lipinski definition) is 1. The summed E-state index contributed by atoms with van der Waals surface area (Å²) in [6.45, 7) is 8.80. The van der Waals surface area contributed by atoms with Crippen LogP contribution >= 0.6 is 0 Å². The van der Waals surface area contributed by atoms with Crippen LogP contribution in [0.25, 0.3) is 11.0 Å². The summed E-state index contributed by atoms with van der Waals surface area (Å²) in [6.07, 6.45) is 9.92. The van der Waals surface area contributed by atoms with Crippen LogP contribution in [0.4, 0.5) is 0 Å². The highest BCUT2D eigenvalue weighted by molar-refractivity contribution is 5.99. The Morgan fingerprint density at radius 2 is 1.87 bits per heavy atom. The van der Waals surface area contributed by atoms with Gasteiger partial charge in [-0.25, -0.2) is 4.98 Å². The number of benzene rings is 1. The molecule has 166 valence electrons. The lowest BCUT2D eigenvalue weighted by molar-refractivity contribution is 0.0899. The summed E-state index contributed by atoms with van der Waals surface area (Å²) in [7, 11) is 0. The molecule has 0 aliphatic heterocycles. The van der Waals surface area contributed by atoms with Crippen molar-refractivity contribution in [3.8, 4) is 0 Å². The molecule has 4 nitrogen and oxygen atoms in total. The van der Waals surface area contributed by atoms with Gasteiger partial charge in [-0.15, -0.1) is 0 Å². The zero-order chi connectivity index (χ0) is 21.7. The maximum Gasteiger partial charge on any atom is 0.163 e. The molecule has 1 N–H and O–H groups in total. The number of ketones is 1. The van der Waals surface area contributed by atoms with Crippen LogP contribution in [-0.2, 0) is 6.42 Å². The van der Waals surface area contributed by atoms with Gasteiger partial charge in [-0.2, -0.15) is 0 Å². The molecule has 0 unspecified atom stereocenters. The van der Waals surface area contributed by atoms with Crippen molar-refractivity contribution in [1.82, 2.24) is 9.55 Å². The van der Waals surface area contributed by atoms with Crippen LogP contribution in [0.15, 0.2) is 18.2 Å². The van der Waals surface area contributed by atoms with Gasteiger partial charge in [0.15, 0.2) is 5.78 Å². The summed E-state index contributed by atoms with van der Waals surface area (Å²) in [6, 6.07) is 6.51. The first kappa shape index (κ1) is 23.0. The van der Waals surface area contributed by atoms with Gasteiger partial charge in [-0.1, -0.05) is 59.8 Å². The number of carbonyl (C=O) groups is 1. The number of aliphatic hydroxyl groups excluding tert-OH is 1. The first-order valence-corrected chi connectivity index (χ1v) is 12.2. The fourth-order valence-corrected chi connectivity index (χ4v) is 5.14.